The number of benzene rings is 2. The van der Waals surface area contributed by atoms with Gasteiger partial charge in [0.1, 0.15) is 0 Å². The third kappa shape index (κ3) is 3.11. The summed E-state index contributed by atoms with van der Waals surface area (Å²) in [4.78, 5) is 2.36. The number of hydrogen-bond donors (Lipinski definition) is 2. The van der Waals surface area contributed by atoms with Crippen molar-refractivity contribution in [2.24, 2.45) is 0 Å². The first-order chi connectivity index (χ1) is 12.3. The van der Waals surface area contributed by atoms with Crippen molar-refractivity contribution in [2.75, 3.05) is 33.5 Å². The van der Waals surface area contributed by atoms with Crippen molar-refractivity contribution < 1.29 is 14.6 Å². The van der Waals surface area contributed by atoms with E-state index in [9.17, 15) is 5.11 Å². The fourth-order valence-electron chi connectivity index (χ4n) is 3.79. The Morgan fingerprint density at radius 2 is 2.04 bits per heavy atom. The van der Waals surface area contributed by atoms with Gasteiger partial charge in [-0.05, 0) is 30.7 Å². The van der Waals surface area contributed by atoms with E-state index in [-0.39, 0.29) is 18.7 Å². The quantitative estimate of drug-likeness (QED) is 0.874. The third-order valence-electron chi connectivity index (χ3n) is 5.23. The Bertz CT molecular complexity index is 735. The summed E-state index contributed by atoms with van der Waals surface area (Å²) >= 11 is 0. The predicted molar refractivity (Wildman–Crippen MR) is 95.9 cm³/mol. The first kappa shape index (κ1) is 16.4. The number of likely N-dealkylation sites (N-methyl/N-ethyl adjacent to an activating group) is 1. The van der Waals surface area contributed by atoms with Crippen molar-refractivity contribution in [1.29, 1.82) is 0 Å². The lowest BCUT2D eigenvalue weighted by molar-refractivity contribution is 0.170. The van der Waals surface area contributed by atoms with Crippen molar-refractivity contribution >= 4 is 0 Å². The van der Waals surface area contributed by atoms with Crippen LogP contribution in [0.25, 0.3) is 0 Å². The van der Waals surface area contributed by atoms with Gasteiger partial charge in [0.25, 0.3) is 0 Å². The van der Waals surface area contributed by atoms with E-state index in [4.69, 9.17) is 9.47 Å². The first-order valence-electron chi connectivity index (χ1n) is 8.78. The van der Waals surface area contributed by atoms with E-state index in [1.165, 1.54) is 11.1 Å². The average molecular weight is 340 g/mol. The van der Waals surface area contributed by atoms with Gasteiger partial charge < -0.3 is 19.9 Å². The van der Waals surface area contributed by atoms with Crippen LogP contribution in [0.5, 0.6) is 11.5 Å². The Hall–Kier alpha value is -2.08. The molecular formula is C20H24N2O3. The summed E-state index contributed by atoms with van der Waals surface area (Å²) < 4.78 is 11.2. The zero-order valence-corrected chi connectivity index (χ0v) is 14.4. The van der Waals surface area contributed by atoms with Crippen LogP contribution in [0.4, 0.5) is 0 Å². The van der Waals surface area contributed by atoms with Gasteiger partial charge >= 0.3 is 0 Å². The second-order valence-electron chi connectivity index (χ2n) is 6.67. The molecule has 2 heterocycles. The Morgan fingerprint density at radius 3 is 2.84 bits per heavy atom. The summed E-state index contributed by atoms with van der Waals surface area (Å²) in [5, 5.41) is 13.3. The van der Waals surface area contributed by atoms with Crippen LogP contribution in [0.3, 0.4) is 0 Å². The summed E-state index contributed by atoms with van der Waals surface area (Å²) in [7, 11) is 2.15. The van der Waals surface area contributed by atoms with Crippen molar-refractivity contribution in [3.8, 4) is 11.5 Å². The number of ether oxygens (including phenoxy) is 2. The van der Waals surface area contributed by atoms with Gasteiger partial charge in [-0.3, -0.25) is 4.90 Å². The molecule has 0 aliphatic carbocycles. The molecule has 2 aliphatic rings. The number of rotatable bonds is 5. The molecule has 0 unspecified atom stereocenters. The lowest BCUT2D eigenvalue weighted by atomic mass is 9.91. The highest BCUT2D eigenvalue weighted by molar-refractivity contribution is 5.54. The molecule has 132 valence electrons. The molecule has 2 aromatic carbocycles. The van der Waals surface area contributed by atoms with Gasteiger partial charge in [0.2, 0.25) is 6.79 Å². The van der Waals surface area contributed by atoms with Crippen LogP contribution < -0.4 is 14.8 Å². The van der Waals surface area contributed by atoms with Crippen LogP contribution in [0.1, 0.15) is 28.8 Å². The van der Waals surface area contributed by atoms with E-state index in [0.29, 0.717) is 6.79 Å². The molecule has 0 radical (unpaired) electrons. The van der Waals surface area contributed by atoms with Gasteiger partial charge in [0.05, 0.1) is 12.6 Å². The van der Waals surface area contributed by atoms with Gasteiger partial charge in [-0.25, -0.2) is 0 Å². The third-order valence-corrected chi connectivity index (χ3v) is 5.23. The molecule has 2 aliphatic heterocycles. The topological polar surface area (TPSA) is 54.0 Å². The molecule has 0 spiro atoms. The Morgan fingerprint density at radius 1 is 1.20 bits per heavy atom. The van der Waals surface area contributed by atoms with Crippen molar-refractivity contribution in [2.45, 2.75) is 18.5 Å². The first-order valence-corrected chi connectivity index (χ1v) is 8.78. The van der Waals surface area contributed by atoms with Crippen LogP contribution in [0.15, 0.2) is 42.5 Å². The Balaban J connectivity index is 1.55. The van der Waals surface area contributed by atoms with Crippen molar-refractivity contribution in [3.63, 3.8) is 0 Å². The van der Waals surface area contributed by atoms with Crippen LogP contribution in [-0.2, 0) is 6.42 Å². The molecule has 5 nitrogen and oxygen atoms in total. The summed E-state index contributed by atoms with van der Waals surface area (Å²) in [6.07, 6.45) is 0.969. The van der Waals surface area contributed by atoms with E-state index in [1.54, 1.807) is 0 Å². The van der Waals surface area contributed by atoms with Gasteiger partial charge in [-0.15, -0.1) is 0 Å². The van der Waals surface area contributed by atoms with Crippen molar-refractivity contribution in [3.05, 3.63) is 59.2 Å². The predicted octanol–water partition coefficient (Wildman–Crippen LogP) is 2.27. The highest BCUT2D eigenvalue weighted by Crippen LogP contribution is 2.42. The minimum atomic E-state index is -0.0611. The van der Waals surface area contributed by atoms with Crippen LogP contribution in [0.2, 0.25) is 0 Å². The van der Waals surface area contributed by atoms with E-state index < -0.39 is 0 Å². The van der Waals surface area contributed by atoms with E-state index in [0.717, 1.165) is 36.6 Å². The standard InChI is InChI=1S/C20H24N2O3/c1-22-10-9-16-15(7-8-19-20(16)25-13-24-19)18(22)11-21-17(12-23)14-5-3-2-4-6-14/h2-8,17-18,21,23H,9-13H2,1H3/t17-,18+/m0/s1. The van der Waals surface area contributed by atoms with Crippen LogP contribution in [-0.4, -0.2) is 43.5 Å². The minimum Gasteiger partial charge on any atom is -0.454 e. The summed E-state index contributed by atoms with van der Waals surface area (Å²) in [5.74, 6) is 1.77. The molecule has 2 N–H and O–H groups in total. The average Bonchev–Trinajstić information content (AvgIpc) is 3.13. The maximum atomic E-state index is 9.78. The zero-order valence-electron chi connectivity index (χ0n) is 14.4. The molecule has 0 fully saturated rings. The van der Waals surface area contributed by atoms with Crippen LogP contribution in [0, 0.1) is 0 Å². The lowest BCUT2D eigenvalue weighted by Crippen LogP contribution is -2.40. The molecule has 2 atom stereocenters. The van der Waals surface area contributed by atoms with Crippen molar-refractivity contribution in [1.82, 2.24) is 10.2 Å². The monoisotopic (exact) mass is 340 g/mol. The highest BCUT2D eigenvalue weighted by Gasteiger charge is 2.30. The van der Waals surface area contributed by atoms with E-state index in [2.05, 4.69) is 23.3 Å². The number of nitrogens with one attached hydrogen (secondary N) is 1. The fraction of sp³-hybridized carbons (Fsp3) is 0.400. The summed E-state index contributed by atoms with van der Waals surface area (Å²) in [6, 6.07) is 14.4. The number of hydrogen-bond acceptors (Lipinski definition) is 5. The second kappa shape index (κ2) is 7.04. The Kier molecular flexibility index (Phi) is 4.61. The second-order valence-corrected chi connectivity index (χ2v) is 6.67. The SMILES string of the molecule is CN1CCc2c(ccc3c2OCO3)[C@H]1CN[C@@H](CO)c1ccccc1. The molecule has 5 heteroatoms. The maximum Gasteiger partial charge on any atom is 0.231 e. The maximum absolute atomic E-state index is 9.78. The van der Waals surface area contributed by atoms with E-state index >= 15 is 0 Å². The number of nitrogens with zero attached hydrogens (tertiary/aromatic N) is 1. The largest absolute Gasteiger partial charge is 0.454 e. The van der Waals surface area contributed by atoms with E-state index in [1.807, 2.05) is 36.4 Å². The molecule has 4 rings (SSSR count). The van der Waals surface area contributed by atoms with Gasteiger partial charge in [-0.1, -0.05) is 36.4 Å². The number of aliphatic hydroxyl groups excluding tert-OH is 1. The Labute approximate surface area is 148 Å². The molecule has 0 saturated heterocycles. The highest BCUT2D eigenvalue weighted by atomic mass is 16.7. The molecule has 0 amide bonds. The number of fused-ring (bicyclic) bond motifs is 3. The lowest BCUT2D eigenvalue weighted by Gasteiger charge is -2.36. The minimum absolute atomic E-state index is 0.0611. The van der Waals surface area contributed by atoms with Crippen LogP contribution >= 0.6 is 0 Å². The summed E-state index contributed by atoms with van der Waals surface area (Å²) in [6.45, 7) is 2.14. The summed E-state index contributed by atoms with van der Waals surface area (Å²) in [5.41, 5.74) is 3.66. The van der Waals surface area contributed by atoms with Gasteiger partial charge in [0, 0.05) is 24.7 Å². The molecule has 0 aromatic heterocycles. The fourth-order valence-corrected chi connectivity index (χ4v) is 3.79. The number of aliphatic hydroxyl groups is 1. The molecule has 2 aromatic rings. The molecule has 0 saturated carbocycles. The molecule has 0 bridgehead atoms. The zero-order chi connectivity index (χ0) is 17.2. The normalized spacial score (nSPS) is 20.3. The smallest absolute Gasteiger partial charge is 0.231 e. The van der Waals surface area contributed by atoms with Gasteiger partial charge in [0.15, 0.2) is 11.5 Å². The molecule has 25 heavy (non-hydrogen) atoms. The molecular weight excluding hydrogens is 316 g/mol. The van der Waals surface area contributed by atoms with Gasteiger partial charge in [-0.2, -0.15) is 0 Å².